The zero-order chi connectivity index (χ0) is 23.4. The van der Waals surface area contributed by atoms with Crippen molar-refractivity contribution < 1.29 is 26.4 Å². The second-order valence-corrected chi connectivity index (χ2v) is 9.20. The van der Waals surface area contributed by atoms with Crippen LogP contribution in [0.3, 0.4) is 0 Å². The van der Waals surface area contributed by atoms with Gasteiger partial charge in [0.1, 0.15) is 5.84 Å². The predicted octanol–water partition coefficient (Wildman–Crippen LogP) is 3.96. The molecular formula is C22H24F3N3O3S. The molecule has 0 aromatic heterocycles. The fourth-order valence-corrected chi connectivity index (χ4v) is 4.73. The van der Waals surface area contributed by atoms with Gasteiger partial charge in [0, 0.05) is 32.1 Å². The number of carbonyl (C=O) groups excluding carboxylic acids is 1. The maximum absolute atomic E-state index is 13.1. The molecule has 0 aliphatic carbocycles. The monoisotopic (exact) mass is 467 g/mol. The van der Waals surface area contributed by atoms with Gasteiger partial charge in [-0.2, -0.15) is 13.2 Å². The van der Waals surface area contributed by atoms with Crippen molar-refractivity contribution in [2.24, 2.45) is 4.99 Å². The van der Waals surface area contributed by atoms with Crippen LogP contribution in [-0.2, 0) is 27.5 Å². The van der Waals surface area contributed by atoms with Crippen LogP contribution in [0.5, 0.6) is 0 Å². The van der Waals surface area contributed by atoms with Crippen molar-refractivity contribution >= 4 is 21.8 Å². The van der Waals surface area contributed by atoms with E-state index in [0.29, 0.717) is 37.2 Å². The average Bonchev–Trinajstić information content (AvgIpc) is 3.00. The van der Waals surface area contributed by atoms with Gasteiger partial charge in [-0.3, -0.25) is 14.5 Å². The van der Waals surface area contributed by atoms with Gasteiger partial charge in [0.05, 0.1) is 10.5 Å². The van der Waals surface area contributed by atoms with E-state index in [-0.39, 0.29) is 29.3 Å². The number of alkyl halides is 3. The van der Waals surface area contributed by atoms with E-state index in [9.17, 15) is 26.4 Å². The second-order valence-electron chi connectivity index (χ2n) is 7.55. The molecule has 6 nitrogen and oxygen atoms in total. The molecule has 0 saturated carbocycles. The zero-order valence-electron chi connectivity index (χ0n) is 17.5. The highest BCUT2D eigenvalue weighted by Crippen LogP contribution is 2.32. The molecule has 32 heavy (non-hydrogen) atoms. The maximum atomic E-state index is 13.1. The highest BCUT2D eigenvalue weighted by molar-refractivity contribution is 7.90. The summed E-state index contributed by atoms with van der Waals surface area (Å²) in [6.45, 7) is 0.289. The van der Waals surface area contributed by atoms with Crippen molar-refractivity contribution in [2.45, 2.75) is 43.3 Å². The molecule has 1 aliphatic rings. The van der Waals surface area contributed by atoms with Crippen LogP contribution in [-0.4, -0.2) is 38.7 Å². The van der Waals surface area contributed by atoms with E-state index < -0.39 is 21.8 Å². The van der Waals surface area contributed by atoms with Gasteiger partial charge in [0.25, 0.3) is 10.0 Å². The summed E-state index contributed by atoms with van der Waals surface area (Å²) in [5.41, 5.74) is -0.128. The number of aliphatic imine (C=N–C) groups is 1. The van der Waals surface area contributed by atoms with E-state index in [1.165, 1.54) is 36.2 Å². The Kier molecular flexibility index (Phi) is 7.22. The Morgan fingerprint density at radius 3 is 2.47 bits per heavy atom. The number of amidine groups is 1. The fraction of sp³-hybridized carbons (Fsp3) is 0.364. The summed E-state index contributed by atoms with van der Waals surface area (Å²) in [6, 6.07) is 11.8. The molecule has 2 aromatic carbocycles. The summed E-state index contributed by atoms with van der Waals surface area (Å²) in [6.07, 6.45) is -2.34. The molecule has 1 heterocycles. The Hall–Kier alpha value is -2.88. The van der Waals surface area contributed by atoms with Gasteiger partial charge in [-0.1, -0.05) is 36.8 Å². The summed E-state index contributed by atoms with van der Waals surface area (Å²) < 4.78 is 65.9. The molecule has 0 bridgehead atoms. The molecule has 3 rings (SSSR count). The Balaban J connectivity index is 1.44. The van der Waals surface area contributed by atoms with Crippen molar-refractivity contribution in [3.8, 4) is 0 Å². The molecule has 0 atom stereocenters. The maximum Gasteiger partial charge on any atom is 0.416 e. The minimum absolute atomic E-state index is 0.0611. The lowest BCUT2D eigenvalue weighted by Crippen LogP contribution is -2.27. The number of sulfonamides is 1. The van der Waals surface area contributed by atoms with Gasteiger partial charge in [0.15, 0.2) is 0 Å². The highest BCUT2D eigenvalue weighted by Gasteiger charge is 2.33. The van der Waals surface area contributed by atoms with Crippen LogP contribution in [0.2, 0.25) is 0 Å². The number of rotatable bonds is 8. The summed E-state index contributed by atoms with van der Waals surface area (Å²) >= 11 is 0. The van der Waals surface area contributed by atoms with Gasteiger partial charge in [-0.05, 0) is 36.6 Å². The van der Waals surface area contributed by atoms with Gasteiger partial charge in [0.2, 0.25) is 5.91 Å². The normalized spacial score (nSPS) is 15.9. The largest absolute Gasteiger partial charge is 0.416 e. The number of carbonyl (C=O) groups is 1. The van der Waals surface area contributed by atoms with Gasteiger partial charge in [-0.15, -0.1) is 0 Å². The lowest BCUT2D eigenvalue weighted by molar-refractivity contribution is -0.139. The summed E-state index contributed by atoms with van der Waals surface area (Å²) in [4.78, 5) is 18.1. The molecule has 1 N–H and O–H groups in total. The zero-order valence-corrected chi connectivity index (χ0v) is 18.3. The predicted molar refractivity (Wildman–Crippen MR) is 115 cm³/mol. The molecule has 1 amide bonds. The van der Waals surface area contributed by atoms with Crippen LogP contribution in [0.15, 0.2) is 58.4 Å². The first-order valence-corrected chi connectivity index (χ1v) is 11.6. The third-order valence-corrected chi connectivity index (χ3v) is 6.53. The molecule has 0 saturated heterocycles. The number of benzene rings is 2. The number of nitrogens with zero attached hydrogens (tertiary/aromatic N) is 2. The van der Waals surface area contributed by atoms with Gasteiger partial charge >= 0.3 is 6.18 Å². The number of fused-ring (bicyclic) bond motifs is 1. The number of halogens is 3. The summed E-state index contributed by atoms with van der Waals surface area (Å²) in [5.74, 6) is 0.0884. The lowest BCUT2D eigenvalue weighted by atomic mass is 10.1. The highest BCUT2D eigenvalue weighted by atomic mass is 32.2. The van der Waals surface area contributed by atoms with Crippen LogP contribution in [0.4, 0.5) is 13.2 Å². The second kappa shape index (κ2) is 9.72. The number of hydrogen-bond donors (Lipinski definition) is 1. The summed E-state index contributed by atoms with van der Waals surface area (Å²) in [5, 5.41) is 0. The molecule has 0 unspecified atom stereocenters. The molecule has 172 valence electrons. The smallest absolute Gasteiger partial charge is 0.341 e. The third kappa shape index (κ3) is 5.67. The molecule has 10 heteroatoms. The van der Waals surface area contributed by atoms with Crippen LogP contribution in [0.1, 0.15) is 42.4 Å². The standard InChI is InChI=1S/C22H24F3N3O3S/c1-28(15-16-9-4-6-11-18(16)22(23,24)25)20(29)13-3-2-8-14-26-21-17-10-5-7-12-19(17)32(30,31)27-21/h4-7,9-12H,2-3,8,13-15H2,1H3,(H,26,27). The Bertz CT molecular complexity index is 1110. The molecule has 0 radical (unpaired) electrons. The average molecular weight is 468 g/mol. The number of nitrogens with one attached hydrogen (secondary N) is 1. The van der Waals surface area contributed by atoms with Crippen LogP contribution >= 0.6 is 0 Å². The van der Waals surface area contributed by atoms with Gasteiger partial charge in [-0.25, -0.2) is 8.42 Å². The van der Waals surface area contributed by atoms with Crippen molar-refractivity contribution in [3.63, 3.8) is 0 Å². The minimum Gasteiger partial charge on any atom is -0.341 e. The third-order valence-electron chi connectivity index (χ3n) is 5.14. The van der Waals surface area contributed by atoms with Crippen molar-refractivity contribution in [2.75, 3.05) is 13.6 Å². The Morgan fingerprint density at radius 2 is 1.72 bits per heavy atom. The minimum atomic E-state index is -4.46. The van der Waals surface area contributed by atoms with E-state index in [0.717, 1.165) is 6.07 Å². The first-order valence-electron chi connectivity index (χ1n) is 10.2. The van der Waals surface area contributed by atoms with Crippen molar-refractivity contribution in [3.05, 3.63) is 65.2 Å². The Labute approximate surface area is 185 Å². The molecule has 0 fully saturated rings. The van der Waals surface area contributed by atoms with Crippen LogP contribution < -0.4 is 4.72 Å². The van der Waals surface area contributed by atoms with Crippen LogP contribution in [0.25, 0.3) is 0 Å². The quantitative estimate of drug-likeness (QED) is 0.597. The summed E-state index contributed by atoms with van der Waals surface area (Å²) in [7, 11) is -2.07. The van der Waals surface area contributed by atoms with Crippen LogP contribution in [0, 0.1) is 0 Å². The Morgan fingerprint density at radius 1 is 1.03 bits per heavy atom. The van der Waals surface area contributed by atoms with E-state index in [1.807, 2.05) is 0 Å². The lowest BCUT2D eigenvalue weighted by Gasteiger charge is -2.20. The van der Waals surface area contributed by atoms with Gasteiger partial charge < -0.3 is 4.90 Å². The molecule has 0 spiro atoms. The molecule has 2 aromatic rings. The first-order chi connectivity index (χ1) is 15.1. The van der Waals surface area contributed by atoms with Crippen molar-refractivity contribution in [1.29, 1.82) is 0 Å². The fourth-order valence-electron chi connectivity index (χ4n) is 3.48. The van der Waals surface area contributed by atoms with E-state index in [4.69, 9.17) is 0 Å². The SMILES string of the molecule is CN(Cc1ccccc1C(F)(F)F)C(=O)CCCCCN=C1NS(=O)(=O)c2ccccc21. The number of hydrogen-bond acceptors (Lipinski definition) is 4. The number of unbranched alkanes of at least 4 members (excludes halogenated alkanes) is 2. The van der Waals surface area contributed by atoms with E-state index in [2.05, 4.69) is 9.71 Å². The first kappa shape index (κ1) is 23.8. The topological polar surface area (TPSA) is 78.8 Å². The molecular weight excluding hydrogens is 443 g/mol. The van der Waals surface area contributed by atoms with E-state index >= 15 is 0 Å². The number of amides is 1. The molecule has 1 aliphatic heterocycles. The van der Waals surface area contributed by atoms with E-state index in [1.54, 1.807) is 18.2 Å². The van der Waals surface area contributed by atoms with Crippen molar-refractivity contribution in [1.82, 2.24) is 9.62 Å².